The van der Waals surface area contributed by atoms with Crippen LogP contribution in [0.2, 0.25) is 10.0 Å². The van der Waals surface area contributed by atoms with Gasteiger partial charge in [0.15, 0.2) is 5.96 Å². The number of nitrogens with zero attached hydrogens (tertiary/aromatic N) is 2. The van der Waals surface area contributed by atoms with Crippen LogP contribution in [0.15, 0.2) is 23.2 Å². The minimum Gasteiger partial charge on any atom is -0.382 e. The Labute approximate surface area is 196 Å². The summed E-state index contributed by atoms with van der Waals surface area (Å²) < 4.78 is 10.7. The molecule has 0 radical (unpaired) electrons. The zero-order valence-corrected chi connectivity index (χ0v) is 20.6. The molecule has 1 heterocycles. The number of benzene rings is 1. The van der Waals surface area contributed by atoms with Gasteiger partial charge in [-0.05, 0) is 43.9 Å². The third kappa shape index (κ3) is 9.03. The fourth-order valence-corrected chi connectivity index (χ4v) is 3.66. The highest BCUT2D eigenvalue weighted by molar-refractivity contribution is 14.0. The summed E-state index contributed by atoms with van der Waals surface area (Å²) in [4.78, 5) is 7.14. The normalized spacial score (nSPS) is 16.9. The Balaban J connectivity index is 0.00000392. The summed E-state index contributed by atoms with van der Waals surface area (Å²) in [7, 11) is 1.70. The quantitative estimate of drug-likeness (QED) is 0.204. The molecule has 0 aromatic heterocycles. The lowest BCUT2D eigenvalue weighted by molar-refractivity contribution is 0.0536. The van der Waals surface area contributed by atoms with Crippen molar-refractivity contribution in [3.05, 3.63) is 33.8 Å². The highest BCUT2D eigenvalue weighted by atomic mass is 127. The van der Waals surface area contributed by atoms with Crippen molar-refractivity contribution < 1.29 is 9.47 Å². The van der Waals surface area contributed by atoms with Crippen LogP contribution >= 0.6 is 47.2 Å². The van der Waals surface area contributed by atoms with E-state index >= 15 is 0 Å². The first-order valence-corrected chi connectivity index (χ1v) is 10.4. The lowest BCUT2D eigenvalue weighted by Crippen LogP contribution is -2.40. The second kappa shape index (κ2) is 14.7. The summed E-state index contributed by atoms with van der Waals surface area (Å²) in [6.45, 7) is 7.85. The maximum atomic E-state index is 6.24. The number of guanidine groups is 1. The average Bonchev–Trinajstić information content (AvgIpc) is 3.11. The topological polar surface area (TPSA) is 46.1 Å². The number of ether oxygens (including phenoxy) is 2. The van der Waals surface area contributed by atoms with Crippen molar-refractivity contribution in [1.29, 1.82) is 0 Å². The molecule has 0 aliphatic carbocycles. The Morgan fingerprint density at radius 3 is 2.86 bits per heavy atom. The first-order chi connectivity index (χ1) is 13.1. The van der Waals surface area contributed by atoms with Gasteiger partial charge in [-0.1, -0.05) is 29.3 Å². The fourth-order valence-electron chi connectivity index (χ4n) is 3.16. The van der Waals surface area contributed by atoms with Gasteiger partial charge >= 0.3 is 0 Å². The molecule has 0 saturated carbocycles. The van der Waals surface area contributed by atoms with E-state index in [-0.39, 0.29) is 24.0 Å². The molecule has 1 aromatic carbocycles. The van der Waals surface area contributed by atoms with Gasteiger partial charge in [-0.15, -0.1) is 24.0 Å². The Kier molecular flexibility index (Phi) is 13.5. The van der Waals surface area contributed by atoms with Crippen molar-refractivity contribution in [3.8, 4) is 0 Å². The maximum absolute atomic E-state index is 6.24. The number of nitrogens with one attached hydrogen (secondary N) is 1. The first-order valence-electron chi connectivity index (χ1n) is 9.68. The number of hydrogen-bond acceptors (Lipinski definition) is 3. The zero-order valence-electron chi connectivity index (χ0n) is 16.8. The van der Waals surface area contributed by atoms with Crippen molar-refractivity contribution in [1.82, 2.24) is 10.2 Å². The van der Waals surface area contributed by atoms with Crippen molar-refractivity contribution in [2.75, 3.05) is 53.1 Å². The van der Waals surface area contributed by atoms with Gasteiger partial charge in [-0.25, -0.2) is 0 Å². The molecule has 1 unspecified atom stereocenters. The predicted molar refractivity (Wildman–Crippen MR) is 129 cm³/mol. The monoisotopic (exact) mass is 543 g/mol. The second-order valence-electron chi connectivity index (χ2n) is 6.74. The van der Waals surface area contributed by atoms with Gasteiger partial charge in [0.25, 0.3) is 0 Å². The average molecular weight is 544 g/mol. The molecule has 1 fully saturated rings. The molecule has 1 aromatic rings. The van der Waals surface area contributed by atoms with E-state index in [1.165, 1.54) is 0 Å². The third-order valence-electron chi connectivity index (χ3n) is 4.59. The molecule has 1 aliphatic heterocycles. The Hall–Kier alpha value is -0.280. The van der Waals surface area contributed by atoms with Gasteiger partial charge < -0.3 is 19.7 Å². The first kappa shape index (κ1) is 25.8. The van der Waals surface area contributed by atoms with Crippen molar-refractivity contribution in [2.24, 2.45) is 10.9 Å². The number of aryl methyl sites for hydroxylation is 1. The van der Waals surface area contributed by atoms with E-state index in [9.17, 15) is 0 Å². The van der Waals surface area contributed by atoms with Gasteiger partial charge in [0.2, 0.25) is 0 Å². The largest absolute Gasteiger partial charge is 0.382 e. The summed E-state index contributed by atoms with van der Waals surface area (Å²) in [5.74, 6) is 1.55. The van der Waals surface area contributed by atoms with Crippen LogP contribution in [0.1, 0.15) is 25.3 Å². The molecule has 0 bridgehead atoms. The van der Waals surface area contributed by atoms with Crippen LogP contribution in [0.5, 0.6) is 0 Å². The van der Waals surface area contributed by atoms with Gasteiger partial charge in [0.1, 0.15) is 0 Å². The molecule has 160 valence electrons. The van der Waals surface area contributed by atoms with Gasteiger partial charge in [-0.2, -0.15) is 0 Å². The lowest BCUT2D eigenvalue weighted by atomic mass is 10.1. The SMILES string of the molecule is CCNC(=NCCCc1ccc(Cl)cc1Cl)N1CCC(COCCOC)C1.I. The van der Waals surface area contributed by atoms with E-state index < -0.39 is 0 Å². The van der Waals surface area contributed by atoms with Crippen LogP contribution in [0.3, 0.4) is 0 Å². The Morgan fingerprint density at radius 1 is 1.32 bits per heavy atom. The molecule has 1 saturated heterocycles. The minimum absolute atomic E-state index is 0. The highest BCUT2D eigenvalue weighted by Gasteiger charge is 2.24. The second-order valence-corrected chi connectivity index (χ2v) is 7.59. The number of halogens is 3. The molecule has 28 heavy (non-hydrogen) atoms. The summed E-state index contributed by atoms with van der Waals surface area (Å²) >= 11 is 12.2. The van der Waals surface area contributed by atoms with E-state index in [0.717, 1.165) is 68.6 Å². The number of aliphatic imine (C=N–C) groups is 1. The minimum atomic E-state index is 0. The van der Waals surface area contributed by atoms with Crippen LogP contribution in [-0.4, -0.2) is 64.0 Å². The Morgan fingerprint density at radius 2 is 2.14 bits per heavy atom. The molecule has 1 aliphatic rings. The van der Waals surface area contributed by atoms with Gasteiger partial charge in [-0.3, -0.25) is 4.99 Å². The van der Waals surface area contributed by atoms with Gasteiger partial charge in [0, 0.05) is 49.3 Å². The predicted octanol–water partition coefficient (Wildman–Crippen LogP) is 4.49. The molecular weight excluding hydrogens is 512 g/mol. The summed E-state index contributed by atoms with van der Waals surface area (Å²) in [5.41, 5.74) is 1.12. The number of likely N-dealkylation sites (tertiary alicyclic amines) is 1. The van der Waals surface area contributed by atoms with Crippen molar-refractivity contribution in [3.63, 3.8) is 0 Å². The molecule has 0 amide bonds. The molecule has 8 heteroatoms. The fraction of sp³-hybridized carbons (Fsp3) is 0.650. The van der Waals surface area contributed by atoms with Crippen LogP contribution in [0, 0.1) is 5.92 Å². The smallest absolute Gasteiger partial charge is 0.193 e. The molecule has 1 N–H and O–H groups in total. The van der Waals surface area contributed by atoms with E-state index in [1.54, 1.807) is 13.2 Å². The van der Waals surface area contributed by atoms with Crippen LogP contribution in [0.4, 0.5) is 0 Å². The highest BCUT2D eigenvalue weighted by Crippen LogP contribution is 2.22. The molecule has 5 nitrogen and oxygen atoms in total. The maximum Gasteiger partial charge on any atom is 0.193 e. The Bertz CT molecular complexity index is 605. The summed E-state index contributed by atoms with van der Waals surface area (Å²) in [6, 6.07) is 5.67. The molecule has 0 spiro atoms. The van der Waals surface area contributed by atoms with Gasteiger partial charge in [0.05, 0.1) is 19.8 Å². The van der Waals surface area contributed by atoms with Crippen molar-refractivity contribution in [2.45, 2.75) is 26.2 Å². The van der Waals surface area contributed by atoms with E-state index in [4.69, 9.17) is 37.7 Å². The summed E-state index contributed by atoms with van der Waals surface area (Å²) in [6.07, 6.45) is 2.99. The standard InChI is InChI=1S/C20H31Cl2N3O2.HI/c1-3-23-20(25-10-8-16(14-25)15-27-12-11-26-2)24-9-4-5-17-6-7-18(21)13-19(17)22;/h6-7,13,16H,3-5,8-12,14-15H2,1-2H3,(H,23,24);1H. The number of rotatable bonds is 10. The summed E-state index contributed by atoms with van der Waals surface area (Å²) in [5, 5.41) is 4.81. The van der Waals surface area contributed by atoms with E-state index in [1.807, 2.05) is 12.1 Å². The molecular formula is C20H32Cl2IN3O2. The van der Waals surface area contributed by atoms with Crippen LogP contribution in [-0.2, 0) is 15.9 Å². The van der Waals surface area contributed by atoms with E-state index in [2.05, 4.69) is 17.1 Å². The zero-order chi connectivity index (χ0) is 19.5. The van der Waals surface area contributed by atoms with Crippen LogP contribution in [0.25, 0.3) is 0 Å². The van der Waals surface area contributed by atoms with E-state index in [0.29, 0.717) is 24.2 Å². The third-order valence-corrected chi connectivity index (χ3v) is 5.17. The number of hydrogen-bond donors (Lipinski definition) is 1. The molecule has 2 rings (SSSR count). The molecule has 1 atom stereocenters. The van der Waals surface area contributed by atoms with Crippen LogP contribution < -0.4 is 5.32 Å². The number of methoxy groups -OCH3 is 1. The lowest BCUT2D eigenvalue weighted by Gasteiger charge is -2.21. The van der Waals surface area contributed by atoms with Crippen molar-refractivity contribution >= 4 is 53.1 Å².